The molecule has 1 aromatic rings. The van der Waals surface area contributed by atoms with E-state index in [0.717, 1.165) is 0 Å². The van der Waals surface area contributed by atoms with E-state index in [9.17, 15) is 20.3 Å². The molecule has 0 fully saturated rings. The zero-order valence-electron chi connectivity index (χ0n) is 8.17. The SMILES string of the molecule is CCC(O)Nc1c(O)cccc1[N+](=O)[O-]. The Bertz CT molecular complexity index is 367. The van der Waals surface area contributed by atoms with Crippen molar-refractivity contribution in [3.05, 3.63) is 28.3 Å². The van der Waals surface area contributed by atoms with Crippen LogP contribution in [-0.4, -0.2) is 21.4 Å². The molecule has 0 aliphatic rings. The molecule has 1 atom stereocenters. The Kier molecular flexibility index (Phi) is 3.46. The van der Waals surface area contributed by atoms with E-state index in [1.54, 1.807) is 6.92 Å². The third-order valence-corrected chi connectivity index (χ3v) is 1.91. The summed E-state index contributed by atoms with van der Waals surface area (Å²) in [6.07, 6.45) is -0.539. The molecular weight excluding hydrogens is 200 g/mol. The Hall–Kier alpha value is -1.82. The van der Waals surface area contributed by atoms with Crippen LogP contribution in [0.15, 0.2) is 18.2 Å². The van der Waals surface area contributed by atoms with Gasteiger partial charge in [0.1, 0.15) is 12.0 Å². The van der Waals surface area contributed by atoms with Gasteiger partial charge in [0, 0.05) is 6.07 Å². The van der Waals surface area contributed by atoms with Gasteiger partial charge in [-0.15, -0.1) is 0 Å². The maximum atomic E-state index is 10.6. The molecule has 0 saturated carbocycles. The molecule has 6 nitrogen and oxygen atoms in total. The second-order valence-corrected chi connectivity index (χ2v) is 3.00. The molecule has 15 heavy (non-hydrogen) atoms. The Morgan fingerprint density at radius 3 is 2.80 bits per heavy atom. The van der Waals surface area contributed by atoms with Crippen LogP contribution in [0.4, 0.5) is 11.4 Å². The first kappa shape index (κ1) is 11.3. The zero-order chi connectivity index (χ0) is 11.4. The Morgan fingerprint density at radius 2 is 2.27 bits per heavy atom. The molecule has 1 unspecified atom stereocenters. The molecule has 6 heteroatoms. The van der Waals surface area contributed by atoms with Crippen LogP contribution < -0.4 is 5.32 Å². The molecule has 3 N–H and O–H groups in total. The standard InChI is InChI=1S/C9H12N2O4/c1-2-8(13)10-9-6(11(14)15)4-3-5-7(9)12/h3-5,8,10,12-13H,2H2,1H3. The number of nitrogens with one attached hydrogen (secondary N) is 1. The highest BCUT2D eigenvalue weighted by atomic mass is 16.6. The minimum absolute atomic E-state index is 0.0585. The maximum Gasteiger partial charge on any atom is 0.296 e. The maximum absolute atomic E-state index is 10.6. The van der Waals surface area contributed by atoms with Gasteiger partial charge in [-0.1, -0.05) is 13.0 Å². The van der Waals surface area contributed by atoms with Crippen LogP contribution in [0.3, 0.4) is 0 Å². The van der Waals surface area contributed by atoms with Gasteiger partial charge in [-0.3, -0.25) is 10.1 Å². The quantitative estimate of drug-likeness (QED) is 0.304. The predicted octanol–water partition coefficient (Wildman–Crippen LogP) is 1.44. The number of benzene rings is 1. The van der Waals surface area contributed by atoms with Crippen molar-refractivity contribution >= 4 is 11.4 Å². The lowest BCUT2D eigenvalue weighted by Crippen LogP contribution is -2.17. The molecule has 1 aromatic carbocycles. The van der Waals surface area contributed by atoms with Crippen molar-refractivity contribution < 1.29 is 15.1 Å². The summed E-state index contributed by atoms with van der Waals surface area (Å²) in [6.45, 7) is 1.71. The third kappa shape index (κ3) is 2.57. The van der Waals surface area contributed by atoms with Gasteiger partial charge in [0.05, 0.1) is 4.92 Å². The minimum atomic E-state index is -0.919. The highest BCUT2D eigenvalue weighted by molar-refractivity contribution is 5.69. The highest BCUT2D eigenvalue weighted by Crippen LogP contribution is 2.33. The molecule has 82 valence electrons. The lowest BCUT2D eigenvalue weighted by molar-refractivity contribution is -0.384. The first-order valence-electron chi connectivity index (χ1n) is 4.47. The van der Waals surface area contributed by atoms with E-state index in [2.05, 4.69) is 5.32 Å². The van der Waals surface area contributed by atoms with Gasteiger partial charge in [0.15, 0.2) is 5.69 Å². The average molecular weight is 212 g/mol. The molecule has 0 spiro atoms. The van der Waals surface area contributed by atoms with Crippen LogP contribution in [0, 0.1) is 10.1 Å². The number of anilines is 1. The summed E-state index contributed by atoms with van der Waals surface area (Å²) < 4.78 is 0. The molecule has 0 saturated heterocycles. The van der Waals surface area contributed by atoms with Gasteiger partial charge in [0.2, 0.25) is 0 Å². The number of hydrogen-bond acceptors (Lipinski definition) is 5. The fraction of sp³-hybridized carbons (Fsp3) is 0.333. The number of nitro benzene ring substituents is 1. The van der Waals surface area contributed by atoms with E-state index in [0.29, 0.717) is 6.42 Å². The van der Waals surface area contributed by atoms with Crippen molar-refractivity contribution in [2.75, 3.05) is 5.32 Å². The number of aliphatic hydroxyl groups excluding tert-OH is 1. The van der Waals surface area contributed by atoms with Crippen LogP contribution in [0.5, 0.6) is 5.75 Å². The van der Waals surface area contributed by atoms with Crippen molar-refractivity contribution in [2.24, 2.45) is 0 Å². The van der Waals surface area contributed by atoms with Crippen LogP contribution in [-0.2, 0) is 0 Å². The van der Waals surface area contributed by atoms with Gasteiger partial charge in [0.25, 0.3) is 5.69 Å². The van der Waals surface area contributed by atoms with Gasteiger partial charge in [-0.2, -0.15) is 0 Å². The summed E-state index contributed by atoms with van der Waals surface area (Å²) in [7, 11) is 0. The topological polar surface area (TPSA) is 95.6 Å². The highest BCUT2D eigenvalue weighted by Gasteiger charge is 2.18. The molecule has 0 heterocycles. The lowest BCUT2D eigenvalue weighted by atomic mass is 10.2. The first-order valence-corrected chi connectivity index (χ1v) is 4.47. The number of rotatable bonds is 4. The average Bonchev–Trinajstić information content (AvgIpc) is 2.20. The van der Waals surface area contributed by atoms with Crippen molar-refractivity contribution in [1.29, 1.82) is 0 Å². The second kappa shape index (κ2) is 4.61. The van der Waals surface area contributed by atoms with Gasteiger partial charge in [-0.25, -0.2) is 0 Å². The van der Waals surface area contributed by atoms with Crippen LogP contribution in [0.2, 0.25) is 0 Å². The summed E-state index contributed by atoms with van der Waals surface area (Å²) in [5.74, 6) is -0.253. The van der Waals surface area contributed by atoms with E-state index in [-0.39, 0.29) is 17.1 Å². The van der Waals surface area contributed by atoms with Crippen molar-refractivity contribution in [3.8, 4) is 5.75 Å². The van der Waals surface area contributed by atoms with Gasteiger partial charge in [-0.05, 0) is 12.5 Å². The van der Waals surface area contributed by atoms with E-state index >= 15 is 0 Å². The predicted molar refractivity (Wildman–Crippen MR) is 54.7 cm³/mol. The normalized spacial score (nSPS) is 12.1. The molecule has 0 bridgehead atoms. The largest absolute Gasteiger partial charge is 0.506 e. The summed E-state index contributed by atoms with van der Waals surface area (Å²) in [6, 6.07) is 3.94. The van der Waals surface area contributed by atoms with Crippen molar-refractivity contribution in [1.82, 2.24) is 0 Å². The Balaban J connectivity index is 3.07. The molecule has 0 aliphatic heterocycles. The molecular formula is C9H12N2O4. The number of nitrogens with zero attached hydrogens (tertiary/aromatic N) is 1. The molecule has 1 rings (SSSR count). The third-order valence-electron chi connectivity index (χ3n) is 1.91. The Labute approximate surface area is 86.3 Å². The van der Waals surface area contributed by atoms with Gasteiger partial charge >= 0.3 is 0 Å². The van der Waals surface area contributed by atoms with Gasteiger partial charge < -0.3 is 15.5 Å². The lowest BCUT2D eigenvalue weighted by Gasteiger charge is -2.12. The summed E-state index contributed by atoms with van der Waals surface area (Å²) in [5, 5.41) is 31.8. The zero-order valence-corrected chi connectivity index (χ0v) is 8.17. The number of hydrogen-bond donors (Lipinski definition) is 3. The summed E-state index contributed by atoms with van der Waals surface area (Å²) in [4.78, 5) is 10.00. The van der Waals surface area contributed by atoms with Crippen LogP contribution in [0.1, 0.15) is 13.3 Å². The monoisotopic (exact) mass is 212 g/mol. The fourth-order valence-electron chi connectivity index (χ4n) is 1.10. The molecule has 0 aliphatic carbocycles. The molecule has 0 amide bonds. The summed E-state index contributed by atoms with van der Waals surface area (Å²) >= 11 is 0. The van der Waals surface area contributed by atoms with E-state index < -0.39 is 11.2 Å². The van der Waals surface area contributed by atoms with E-state index in [1.165, 1.54) is 18.2 Å². The number of aromatic hydroxyl groups is 1. The molecule has 0 radical (unpaired) electrons. The number of nitro groups is 1. The summed E-state index contributed by atoms with van der Waals surface area (Å²) in [5.41, 5.74) is -0.320. The number of para-hydroxylation sites is 1. The van der Waals surface area contributed by atoms with Crippen molar-refractivity contribution in [3.63, 3.8) is 0 Å². The van der Waals surface area contributed by atoms with E-state index in [4.69, 9.17) is 0 Å². The second-order valence-electron chi connectivity index (χ2n) is 3.00. The number of phenols is 1. The Morgan fingerprint density at radius 1 is 1.60 bits per heavy atom. The van der Waals surface area contributed by atoms with Crippen molar-refractivity contribution in [2.45, 2.75) is 19.6 Å². The molecule has 0 aromatic heterocycles. The minimum Gasteiger partial charge on any atom is -0.506 e. The smallest absolute Gasteiger partial charge is 0.296 e. The van der Waals surface area contributed by atoms with E-state index in [1.807, 2.05) is 0 Å². The first-order chi connectivity index (χ1) is 7.06. The number of aliphatic hydroxyl groups is 1. The van der Waals surface area contributed by atoms with Crippen LogP contribution >= 0.6 is 0 Å². The van der Waals surface area contributed by atoms with Crippen LogP contribution in [0.25, 0.3) is 0 Å². The number of phenolic OH excluding ortho intramolecular Hbond substituents is 1. The fourth-order valence-corrected chi connectivity index (χ4v) is 1.10.